The number of hydrogen-bond acceptors (Lipinski definition) is 3. The third-order valence-electron chi connectivity index (χ3n) is 3.47. The van der Waals surface area contributed by atoms with Crippen LogP contribution in [0.15, 0.2) is 23.4 Å². The van der Waals surface area contributed by atoms with E-state index in [4.69, 9.17) is 9.47 Å². The Bertz CT molecular complexity index is 343. The molecule has 17 heavy (non-hydrogen) atoms. The van der Waals surface area contributed by atoms with Crippen LogP contribution in [0.4, 0.5) is 0 Å². The van der Waals surface area contributed by atoms with Crippen molar-refractivity contribution in [2.45, 2.75) is 38.5 Å². The Morgan fingerprint density at radius 3 is 2.82 bits per heavy atom. The van der Waals surface area contributed by atoms with Gasteiger partial charge >= 0.3 is 0 Å². The van der Waals surface area contributed by atoms with E-state index in [0.717, 1.165) is 6.42 Å². The van der Waals surface area contributed by atoms with Crippen LogP contribution >= 0.6 is 0 Å². The second-order valence-electron chi connectivity index (χ2n) is 5.85. The van der Waals surface area contributed by atoms with Gasteiger partial charge in [-0.05, 0) is 17.2 Å². The van der Waals surface area contributed by atoms with Gasteiger partial charge in [0.05, 0.1) is 27.4 Å². The highest BCUT2D eigenvalue weighted by atomic mass is 28.3. The van der Waals surface area contributed by atoms with Crippen LogP contribution in [-0.2, 0) is 9.47 Å². The highest BCUT2D eigenvalue weighted by Gasteiger charge is 2.45. The van der Waals surface area contributed by atoms with E-state index in [1.807, 2.05) is 0 Å². The van der Waals surface area contributed by atoms with Crippen LogP contribution in [0.5, 0.6) is 0 Å². The summed E-state index contributed by atoms with van der Waals surface area (Å²) in [6, 6.07) is 0. The molecule has 0 spiro atoms. The van der Waals surface area contributed by atoms with Crippen molar-refractivity contribution in [2.75, 3.05) is 13.2 Å². The van der Waals surface area contributed by atoms with Gasteiger partial charge in [-0.25, -0.2) is 0 Å². The molecule has 0 amide bonds. The molecule has 0 aromatic carbocycles. The Morgan fingerprint density at radius 2 is 2.24 bits per heavy atom. The molecule has 1 aliphatic carbocycles. The van der Waals surface area contributed by atoms with Crippen molar-refractivity contribution in [3.63, 3.8) is 0 Å². The lowest BCUT2D eigenvalue weighted by Gasteiger charge is -2.25. The monoisotopic (exact) mass is 254 g/mol. The van der Waals surface area contributed by atoms with E-state index in [9.17, 15) is 5.11 Å². The SMILES string of the molecule is C=CCO[C@H]1OC[C@@H]2CC(O)C([Si](C)(C)C)=C21. The number of rotatable bonds is 4. The summed E-state index contributed by atoms with van der Waals surface area (Å²) in [5, 5.41) is 11.5. The lowest BCUT2D eigenvalue weighted by molar-refractivity contribution is -0.0856. The average molecular weight is 254 g/mol. The predicted octanol–water partition coefficient (Wildman–Crippen LogP) is 2.10. The molecule has 2 rings (SSSR count). The smallest absolute Gasteiger partial charge is 0.180 e. The average Bonchev–Trinajstić information content (AvgIpc) is 2.71. The molecular formula is C13H22O3Si. The fraction of sp³-hybridized carbons (Fsp3) is 0.692. The highest BCUT2D eigenvalue weighted by molar-refractivity contribution is 6.83. The molecule has 0 saturated carbocycles. The number of fused-ring (bicyclic) bond motifs is 1. The minimum absolute atomic E-state index is 0.253. The van der Waals surface area contributed by atoms with E-state index in [-0.39, 0.29) is 12.4 Å². The predicted molar refractivity (Wildman–Crippen MR) is 70.4 cm³/mol. The van der Waals surface area contributed by atoms with Gasteiger partial charge in [0.25, 0.3) is 0 Å². The Balaban J connectivity index is 2.29. The minimum Gasteiger partial charge on any atom is -0.389 e. The quantitative estimate of drug-likeness (QED) is 0.617. The lowest BCUT2D eigenvalue weighted by atomic mass is 10.1. The van der Waals surface area contributed by atoms with Crippen molar-refractivity contribution in [1.29, 1.82) is 0 Å². The molecule has 3 nitrogen and oxygen atoms in total. The summed E-state index contributed by atoms with van der Waals surface area (Å²) >= 11 is 0. The van der Waals surface area contributed by atoms with Crippen molar-refractivity contribution < 1.29 is 14.6 Å². The molecule has 1 N–H and O–H groups in total. The molecule has 0 aromatic heterocycles. The molecule has 1 heterocycles. The topological polar surface area (TPSA) is 38.7 Å². The van der Waals surface area contributed by atoms with Crippen LogP contribution in [0.3, 0.4) is 0 Å². The molecule has 3 atom stereocenters. The number of aliphatic hydroxyl groups is 1. The van der Waals surface area contributed by atoms with Crippen LogP contribution in [0.1, 0.15) is 6.42 Å². The van der Waals surface area contributed by atoms with E-state index in [2.05, 4.69) is 26.2 Å². The fourth-order valence-corrected chi connectivity index (χ4v) is 5.23. The number of hydrogen-bond donors (Lipinski definition) is 1. The largest absolute Gasteiger partial charge is 0.389 e. The molecular weight excluding hydrogens is 232 g/mol. The van der Waals surface area contributed by atoms with E-state index >= 15 is 0 Å². The summed E-state index contributed by atoms with van der Waals surface area (Å²) in [4.78, 5) is 0. The zero-order valence-corrected chi connectivity index (χ0v) is 11.9. The Kier molecular flexibility index (Phi) is 3.59. The van der Waals surface area contributed by atoms with Gasteiger partial charge in [0.2, 0.25) is 0 Å². The fourth-order valence-electron chi connectivity index (χ4n) is 2.92. The maximum atomic E-state index is 10.2. The molecule has 2 aliphatic rings. The minimum atomic E-state index is -1.51. The van der Waals surface area contributed by atoms with Crippen LogP contribution in [0, 0.1) is 5.92 Å². The summed E-state index contributed by atoms with van der Waals surface area (Å²) in [5.41, 5.74) is 1.23. The van der Waals surface area contributed by atoms with Gasteiger partial charge in [-0.15, -0.1) is 6.58 Å². The zero-order chi connectivity index (χ0) is 12.6. The summed E-state index contributed by atoms with van der Waals surface area (Å²) in [6.45, 7) is 11.6. The first-order valence-corrected chi connectivity index (χ1v) is 9.71. The molecule has 1 saturated heterocycles. The van der Waals surface area contributed by atoms with Gasteiger partial charge in [-0.2, -0.15) is 0 Å². The van der Waals surface area contributed by atoms with Crippen LogP contribution < -0.4 is 0 Å². The van der Waals surface area contributed by atoms with Gasteiger partial charge in [-0.1, -0.05) is 25.7 Å². The molecule has 0 aromatic rings. The molecule has 4 heteroatoms. The Labute approximate surface area is 104 Å². The van der Waals surface area contributed by atoms with Crippen LogP contribution in [0.2, 0.25) is 19.6 Å². The number of aliphatic hydroxyl groups excluding tert-OH is 1. The van der Waals surface area contributed by atoms with E-state index in [1.165, 1.54) is 10.8 Å². The first-order chi connectivity index (χ1) is 7.95. The van der Waals surface area contributed by atoms with Crippen LogP contribution in [-0.4, -0.2) is 38.8 Å². The summed E-state index contributed by atoms with van der Waals surface area (Å²) in [6.07, 6.45) is 2.01. The Morgan fingerprint density at radius 1 is 1.53 bits per heavy atom. The third-order valence-corrected chi connectivity index (χ3v) is 5.71. The third kappa shape index (κ3) is 2.40. The first-order valence-electron chi connectivity index (χ1n) is 6.21. The van der Waals surface area contributed by atoms with Crippen molar-refractivity contribution in [2.24, 2.45) is 5.92 Å². The van der Waals surface area contributed by atoms with E-state index in [0.29, 0.717) is 19.1 Å². The van der Waals surface area contributed by atoms with E-state index in [1.54, 1.807) is 6.08 Å². The van der Waals surface area contributed by atoms with Crippen LogP contribution in [0.25, 0.3) is 0 Å². The summed E-state index contributed by atoms with van der Waals surface area (Å²) in [5.74, 6) is 0.363. The molecule has 1 aliphatic heterocycles. The van der Waals surface area contributed by atoms with Crippen molar-refractivity contribution in [3.8, 4) is 0 Å². The standard InChI is InChI=1S/C13H22O3Si/c1-5-6-15-13-11-9(8-16-13)7-10(14)12(11)17(2,3)4/h5,9-10,13-14H,1,6-8H2,2-4H3/t9-,10?,13-/m0/s1. The van der Waals surface area contributed by atoms with Crippen molar-refractivity contribution >= 4 is 8.07 Å². The highest BCUT2D eigenvalue weighted by Crippen LogP contribution is 2.44. The van der Waals surface area contributed by atoms with Crippen molar-refractivity contribution in [3.05, 3.63) is 23.4 Å². The Hall–Kier alpha value is -0.423. The maximum absolute atomic E-state index is 10.2. The van der Waals surface area contributed by atoms with Gasteiger partial charge in [0, 0.05) is 5.92 Å². The zero-order valence-electron chi connectivity index (χ0n) is 10.9. The van der Waals surface area contributed by atoms with Gasteiger partial charge in [0.1, 0.15) is 0 Å². The maximum Gasteiger partial charge on any atom is 0.180 e. The van der Waals surface area contributed by atoms with Gasteiger partial charge < -0.3 is 14.6 Å². The lowest BCUT2D eigenvalue weighted by Crippen LogP contribution is -2.32. The normalized spacial score (nSPS) is 33.1. The second-order valence-corrected chi connectivity index (χ2v) is 10.9. The molecule has 0 radical (unpaired) electrons. The molecule has 1 unspecified atom stereocenters. The van der Waals surface area contributed by atoms with Gasteiger partial charge in [-0.3, -0.25) is 0 Å². The number of ether oxygens (including phenoxy) is 2. The first kappa shape index (κ1) is 13.0. The molecule has 1 fully saturated rings. The van der Waals surface area contributed by atoms with E-state index < -0.39 is 8.07 Å². The summed E-state index contributed by atoms with van der Waals surface area (Å²) < 4.78 is 11.3. The van der Waals surface area contributed by atoms with Gasteiger partial charge in [0.15, 0.2) is 6.29 Å². The summed E-state index contributed by atoms with van der Waals surface area (Å²) in [7, 11) is -1.51. The molecule has 96 valence electrons. The second kappa shape index (κ2) is 4.69. The molecule has 0 bridgehead atoms. The van der Waals surface area contributed by atoms with Crippen molar-refractivity contribution in [1.82, 2.24) is 0 Å².